The van der Waals surface area contributed by atoms with E-state index in [0.29, 0.717) is 6.04 Å². The first kappa shape index (κ1) is 12.4. The highest BCUT2D eigenvalue weighted by Gasteiger charge is 2.33. The standard InChI is InChI=1S/C13H20N2OS/c1-13(2,3)14-12(16)15(10-6-7-10)9-11-5-4-8-17-11/h4-5,8,10H,6-7,9H2,1-3H3,(H,14,16). The lowest BCUT2D eigenvalue weighted by atomic mass is 10.1. The zero-order valence-electron chi connectivity index (χ0n) is 10.7. The largest absolute Gasteiger partial charge is 0.333 e. The average molecular weight is 252 g/mol. The van der Waals surface area contributed by atoms with Gasteiger partial charge < -0.3 is 10.2 Å². The normalized spacial score (nSPS) is 15.7. The first-order valence-corrected chi connectivity index (χ1v) is 6.95. The van der Waals surface area contributed by atoms with E-state index in [1.54, 1.807) is 11.3 Å². The van der Waals surface area contributed by atoms with E-state index in [1.165, 1.54) is 4.88 Å². The molecule has 0 spiro atoms. The fourth-order valence-corrected chi connectivity index (χ4v) is 2.42. The molecule has 0 unspecified atom stereocenters. The van der Waals surface area contributed by atoms with E-state index < -0.39 is 0 Å². The number of amides is 2. The van der Waals surface area contributed by atoms with Crippen LogP contribution in [-0.4, -0.2) is 22.5 Å². The van der Waals surface area contributed by atoms with Crippen molar-refractivity contribution in [3.05, 3.63) is 22.4 Å². The molecule has 1 N–H and O–H groups in total. The summed E-state index contributed by atoms with van der Waals surface area (Å²) in [6.07, 6.45) is 2.28. The van der Waals surface area contributed by atoms with Crippen LogP contribution in [0.4, 0.5) is 4.79 Å². The van der Waals surface area contributed by atoms with Gasteiger partial charge in [-0.25, -0.2) is 4.79 Å². The topological polar surface area (TPSA) is 32.3 Å². The van der Waals surface area contributed by atoms with Gasteiger partial charge in [-0.05, 0) is 45.1 Å². The Morgan fingerprint density at radius 2 is 2.24 bits per heavy atom. The molecule has 0 bridgehead atoms. The van der Waals surface area contributed by atoms with Gasteiger partial charge in [0.2, 0.25) is 0 Å². The van der Waals surface area contributed by atoms with Crippen molar-refractivity contribution in [2.45, 2.75) is 51.7 Å². The minimum atomic E-state index is -0.167. The third-order valence-corrected chi connectivity index (χ3v) is 3.50. The molecule has 2 amide bonds. The second-order valence-corrected chi connectivity index (χ2v) is 6.65. The summed E-state index contributed by atoms with van der Waals surface area (Å²) in [6, 6.07) is 4.63. The molecule has 17 heavy (non-hydrogen) atoms. The molecule has 94 valence electrons. The van der Waals surface area contributed by atoms with Crippen molar-refractivity contribution in [1.29, 1.82) is 0 Å². The van der Waals surface area contributed by atoms with Crippen LogP contribution in [0.2, 0.25) is 0 Å². The highest BCUT2D eigenvalue weighted by atomic mass is 32.1. The number of nitrogens with one attached hydrogen (secondary N) is 1. The van der Waals surface area contributed by atoms with Crippen molar-refractivity contribution < 1.29 is 4.79 Å². The smallest absolute Gasteiger partial charge is 0.318 e. The predicted octanol–water partition coefficient (Wildman–Crippen LogP) is 3.22. The van der Waals surface area contributed by atoms with Gasteiger partial charge in [-0.2, -0.15) is 0 Å². The Morgan fingerprint density at radius 3 is 2.71 bits per heavy atom. The van der Waals surface area contributed by atoms with Crippen LogP contribution in [0.5, 0.6) is 0 Å². The van der Waals surface area contributed by atoms with Gasteiger partial charge in [0.1, 0.15) is 0 Å². The lowest BCUT2D eigenvalue weighted by molar-refractivity contribution is 0.183. The van der Waals surface area contributed by atoms with E-state index >= 15 is 0 Å². The van der Waals surface area contributed by atoms with E-state index in [1.807, 2.05) is 31.7 Å². The molecular weight excluding hydrogens is 232 g/mol. The number of urea groups is 1. The molecule has 2 rings (SSSR count). The van der Waals surface area contributed by atoms with Gasteiger partial charge in [0, 0.05) is 16.5 Å². The van der Waals surface area contributed by atoms with Crippen molar-refractivity contribution >= 4 is 17.4 Å². The van der Waals surface area contributed by atoms with Gasteiger partial charge in [0.05, 0.1) is 6.54 Å². The molecule has 3 nitrogen and oxygen atoms in total. The van der Waals surface area contributed by atoms with Crippen molar-refractivity contribution in [2.24, 2.45) is 0 Å². The number of hydrogen-bond acceptors (Lipinski definition) is 2. The highest BCUT2D eigenvalue weighted by molar-refractivity contribution is 7.09. The highest BCUT2D eigenvalue weighted by Crippen LogP contribution is 2.29. The summed E-state index contributed by atoms with van der Waals surface area (Å²) in [6.45, 7) is 6.79. The molecular formula is C13H20N2OS. The minimum absolute atomic E-state index is 0.0633. The van der Waals surface area contributed by atoms with Crippen LogP contribution in [0.1, 0.15) is 38.5 Å². The lowest BCUT2D eigenvalue weighted by Gasteiger charge is -2.28. The number of carbonyl (C=O) groups is 1. The van der Waals surface area contributed by atoms with Gasteiger partial charge >= 0.3 is 6.03 Å². The predicted molar refractivity (Wildman–Crippen MR) is 71.2 cm³/mol. The second-order valence-electron chi connectivity index (χ2n) is 5.62. The molecule has 1 aromatic rings. The Bertz CT molecular complexity index is 377. The van der Waals surface area contributed by atoms with Gasteiger partial charge in [0.15, 0.2) is 0 Å². The fraction of sp³-hybridized carbons (Fsp3) is 0.615. The maximum atomic E-state index is 12.2. The summed E-state index contributed by atoms with van der Waals surface area (Å²) in [4.78, 5) is 15.4. The van der Waals surface area contributed by atoms with Crippen LogP contribution in [0, 0.1) is 0 Å². The molecule has 0 atom stereocenters. The first-order valence-electron chi connectivity index (χ1n) is 6.07. The first-order chi connectivity index (χ1) is 7.96. The maximum absolute atomic E-state index is 12.2. The number of hydrogen-bond donors (Lipinski definition) is 1. The molecule has 0 radical (unpaired) electrons. The molecule has 1 aromatic heterocycles. The summed E-state index contributed by atoms with van der Waals surface area (Å²) in [5, 5.41) is 5.10. The van der Waals surface area contributed by atoms with Crippen LogP contribution in [-0.2, 0) is 6.54 Å². The average Bonchev–Trinajstić information content (AvgIpc) is 2.89. The van der Waals surface area contributed by atoms with E-state index in [9.17, 15) is 4.79 Å². The van der Waals surface area contributed by atoms with Crippen LogP contribution in [0.15, 0.2) is 17.5 Å². The SMILES string of the molecule is CC(C)(C)NC(=O)N(Cc1cccs1)C1CC1. The summed E-state index contributed by atoms with van der Waals surface area (Å²) in [5.41, 5.74) is -0.167. The third kappa shape index (κ3) is 3.73. The van der Waals surface area contributed by atoms with Crippen LogP contribution < -0.4 is 5.32 Å². The lowest BCUT2D eigenvalue weighted by Crippen LogP contribution is -2.48. The Kier molecular flexibility index (Phi) is 3.43. The molecule has 1 aliphatic rings. The van der Waals surface area contributed by atoms with Gasteiger partial charge in [0.25, 0.3) is 0 Å². The van der Waals surface area contributed by atoms with E-state index in [2.05, 4.69) is 16.8 Å². The summed E-state index contributed by atoms with van der Waals surface area (Å²) < 4.78 is 0. The van der Waals surface area contributed by atoms with E-state index in [-0.39, 0.29) is 11.6 Å². The van der Waals surface area contributed by atoms with Gasteiger partial charge in [-0.15, -0.1) is 11.3 Å². The molecule has 1 fully saturated rings. The summed E-state index contributed by atoms with van der Waals surface area (Å²) >= 11 is 1.71. The Morgan fingerprint density at radius 1 is 1.53 bits per heavy atom. The maximum Gasteiger partial charge on any atom is 0.318 e. The van der Waals surface area contributed by atoms with Gasteiger partial charge in [-0.3, -0.25) is 0 Å². The van der Waals surface area contributed by atoms with Crippen molar-refractivity contribution in [1.82, 2.24) is 10.2 Å². The summed E-state index contributed by atoms with van der Waals surface area (Å²) in [7, 11) is 0. The fourth-order valence-electron chi connectivity index (χ4n) is 1.72. The Labute approximate surface area is 107 Å². The Hall–Kier alpha value is -1.03. The molecule has 1 heterocycles. The molecule has 1 saturated carbocycles. The van der Waals surface area contributed by atoms with Gasteiger partial charge in [-0.1, -0.05) is 6.07 Å². The van der Waals surface area contributed by atoms with Crippen molar-refractivity contribution in [3.8, 4) is 0 Å². The van der Waals surface area contributed by atoms with E-state index in [0.717, 1.165) is 19.4 Å². The van der Waals surface area contributed by atoms with Crippen LogP contribution in [0.3, 0.4) is 0 Å². The molecule has 0 saturated heterocycles. The molecule has 4 heteroatoms. The number of nitrogens with zero attached hydrogens (tertiary/aromatic N) is 1. The second kappa shape index (κ2) is 4.69. The molecule has 1 aliphatic carbocycles. The van der Waals surface area contributed by atoms with E-state index in [4.69, 9.17) is 0 Å². The third-order valence-electron chi connectivity index (χ3n) is 2.64. The zero-order valence-corrected chi connectivity index (χ0v) is 11.5. The Balaban J connectivity index is 1.99. The van der Waals surface area contributed by atoms with Crippen molar-refractivity contribution in [3.63, 3.8) is 0 Å². The zero-order chi connectivity index (χ0) is 12.5. The van der Waals surface area contributed by atoms with Crippen molar-refractivity contribution in [2.75, 3.05) is 0 Å². The summed E-state index contributed by atoms with van der Waals surface area (Å²) in [5.74, 6) is 0. The number of rotatable bonds is 3. The van der Waals surface area contributed by atoms with Crippen LogP contribution >= 0.6 is 11.3 Å². The number of carbonyl (C=O) groups excluding carboxylic acids is 1. The molecule has 0 aliphatic heterocycles. The molecule has 0 aromatic carbocycles. The quantitative estimate of drug-likeness (QED) is 0.880. The minimum Gasteiger partial charge on any atom is -0.333 e. The number of thiophene rings is 1. The van der Waals surface area contributed by atoms with Crippen LogP contribution in [0.25, 0.3) is 0 Å². The monoisotopic (exact) mass is 252 g/mol.